The van der Waals surface area contributed by atoms with Crippen molar-refractivity contribution in [2.24, 2.45) is 0 Å². The van der Waals surface area contributed by atoms with E-state index < -0.39 is 0 Å². The molecule has 0 saturated heterocycles. The Morgan fingerprint density at radius 2 is 2.10 bits per heavy atom. The lowest BCUT2D eigenvalue weighted by Gasteiger charge is -2.12. The van der Waals surface area contributed by atoms with Gasteiger partial charge in [0, 0.05) is 4.47 Å². The summed E-state index contributed by atoms with van der Waals surface area (Å²) in [7, 11) is 1.49. The number of halogens is 1. The standard InChI is InChI=1S/C16H13BrN2O2/c1-10-6-7-12(13(17)8-10)16(20)19-15-11(9-18)4-3-5-14(15)21-2/h3-8H,1-2H3,(H,19,20). The SMILES string of the molecule is COc1cccc(C#N)c1NC(=O)c1ccc(C)cc1Br. The van der Waals surface area contributed by atoms with Crippen LogP contribution in [0.5, 0.6) is 5.75 Å². The van der Waals surface area contributed by atoms with Crippen molar-refractivity contribution in [3.63, 3.8) is 0 Å². The summed E-state index contributed by atoms with van der Waals surface area (Å²) in [5.41, 5.74) is 2.27. The number of para-hydroxylation sites is 1. The highest BCUT2D eigenvalue weighted by Crippen LogP contribution is 2.29. The fraction of sp³-hybridized carbons (Fsp3) is 0.125. The fourth-order valence-corrected chi connectivity index (χ4v) is 2.58. The van der Waals surface area contributed by atoms with Gasteiger partial charge in [0.1, 0.15) is 17.5 Å². The first-order valence-electron chi connectivity index (χ1n) is 6.21. The van der Waals surface area contributed by atoms with Gasteiger partial charge in [-0.05, 0) is 52.7 Å². The van der Waals surface area contributed by atoms with Crippen LogP contribution in [-0.2, 0) is 0 Å². The summed E-state index contributed by atoms with van der Waals surface area (Å²) in [6.45, 7) is 1.94. The first kappa shape index (κ1) is 15.1. The van der Waals surface area contributed by atoms with Crippen LogP contribution in [0.1, 0.15) is 21.5 Å². The van der Waals surface area contributed by atoms with E-state index in [1.54, 1.807) is 24.3 Å². The van der Waals surface area contributed by atoms with E-state index in [4.69, 9.17) is 10.00 Å². The van der Waals surface area contributed by atoms with Gasteiger partial charge in [0.2, 0.25) is 0 Å². The number of hydrogen-bond donors (Lipinski definition) is 1. The van der Waals surface area contributed by atoms with Crippen LogP contribution in [-0.4, -0.2) is 13.0 Å². The Kier molecular flexibility index (Phi) is 4.61. The summed E-state index contributed by atoms with van der Waals surface area (Å²) < 4.78 is 5.90. The first-order valence-corrected chi connectivity index (χ1v) is 7.00. The summed E-state index contributed by atoms with van der Waals surface area (Å²) >= 11 is 3.38. The highest BCUT2D eigenvalue weighted by molar-refractivity contribution is 9.10. The van der Waals surface area contributed by atoms with Gasteiger partial charge in [-0.1, -0.05) is 12.1 Å². The molecule has 0 radical (unpaired) electrons. The second kappa shape index (κ2) is 6.42. The molecular formula is C16H13BrN2O2. The molecule has 0 unspecified atom stereocenters. The summed E-state index contributed by atoms with van der Waals surface area (Å²) in [6.07, 6.45) is 0. The van der Waals surface area contributed by atoms with Crippen LogP contribution in [0.25, 0.3) is 0 Å². The fourth-order valence-electron chi connectivity index (χ4n) is 1.91. The molecule has 21 heavy (non-hydrogen) atoms. The molecule has 2 rings (SSSR count). The zero-order valence-corrected chi connectivity index (χ0v) is 13.2. The number of methoxy groups -OCH3 is 1. The van der Waals surface area contributed by atoms with Gasteiger partial charge in [-0.25, -0.2) is 0 Å². The Bertz CT molecular complexity index is 736. The Morgan fingerprint density at radius 1 is 1.33 bits per heavy atom. The second-order valence-electron chi connectivity index (χ2n) is 4.43. The number of anilines is 1. The molecule has 4 nitrogen and oxygen atoms in total. The van der Waals surface area contributed by atoms with Crippen molar-refractivity contribution in [2.75, 3.05) is 12.4 Å². The predicted octanol–water partition coefficient (Wildman–Crippen LogP) is 3.89. The molecule has 0 aliphatic rings. The maximum absolute atomic E-state index is 12.4. The van der Waals surface area contributed by atoms with Crippen LogP contribution in [0.4, 0.5) is 5.69 Å². The van der Waals surface area contributed by atoms with E-state index in [1.807, 2.05) is 25.1 Å². The van der Waals surface area contributed by atoms with Crippen molar-refractivity contribution < 1.29 is 9.53 Å². The normalized spacial score (nSPS) is 9.81. The molecule has 5 heteroatoms. The van der Waals surface area contributed by atoms with Crippen LogP contribution in [0.2, 0.25) is 0 Å². The van der Waals surface area contributed by atoms with Gasteiger partial charge < -0.3 is 10.1 Å². The third-order valence-corrected chi connectivity index (χ3v) is 3.63. The largest absolute Gasteiger partial charge is 0.495 e. The van der Waals surface area contributed by atoms with Gasteiger partial charge in [-0.15, -0.1) is 0 Å². The molecule has 0 saturated carbocycles. The molecule has 2 aromatic rings. The topological polar surface area (TPSA) is 62.1 Å². The molecular weight excluding hydrogens is 332 g/mol. The lowest BCUT2D eigenvalue weighted by Crippen LogP contribution is -2.14. The van der Waals surface area contributed by atoms with Gasteiger partial charge in [-0.2, -0.15) is 5.26 Å². The van der Waals surface area contributed by atoms with Crippen molar-refractivity contribution in [2.45, 2.75) is 6.92 Å². The molecule has 0 fully saturated rings. The molecule has 1 amide bonds. The molecule has 0 aromatic heterocycles. The quantitative estimate of drug-likeness (QED) is 0.918. The summed E-state index contributed by atoms with van der Waals surface area (Å²) in [4.78, 5) is 12.4. The van der Waals surface area contributed by atoms with E-state index in [0.29, 0.717) is 27.0 Å². The second-order valence-corrected chi connectivity index (χ2v) is 5.29. The number of aryl methyl sites for hydroxylation is 1. The number of nitriles is 1. The summed E-state index contributed by atoms with van der Waals surface area (Å²) in [5, 5.41) is 11.9. The Morgan fingerprint density at radius 3 is 2.71 bits per heavy atom. The Balaban J connectivity index is 2.38. The average molecular weight is 345 g/mol. The zero-order valence-electron chi connectivity index (χ0n) is 11.6. The van der Waals surface area contributed by atoms with E-state index in [2.05, 4.69) is 21.2 Å². The monoisotopic (exact) mass is 344 g/mol. The number of hydrogen-bond acceptors (Lipinski definition) is 3. The number of nitrogens with one attached hydrogen (secondary N) is 1. The van der Waals surface area contributed by atoms with E-state index >= 15 is 0 Å². The van der Waals surface area contributed by atoms with Crippen molar-refractivity contribution in [3.05, 3.63) is 57.6 Å². The van der Waals surface area contributed by atoms with Crippen LogP contribution >= 0.6 is 15.9 Å². The van der Waals surface area contributed by atoms with Crippen LogP contribution < -0.4 is 10.1 Å². The molecule has 1 N–H and O–H groups in total. The molecule has 0 heterocycles. The van der Waals surface area contributed by atoms with E-state index in [1.165, 1.54) is 7.11 Å². The van der Waals surface area contributed by atoms with Crippen molar-refractivity contribution in [1.82, 2.24) is 0 Å². The van der Waals surface area contributed by atoms with Gasteiger partial charge in [0.15, 0.2) is 0 Å². The Labute approximate surface area is 131 Å². The van der Waals surface area contributed by atoms with Crippen molar-refractivity contribution in [3.8, 4) is 11.8 Å². The molecule has 2 aromatic carbocycles. The Hall–Kier alpha value is -2.32. The lowest BCUT2D eigenvalue weighted by atomic mass is 10.1. The minimum atomic E-state index is -0.303. The highest BCUT2D eigenvalue weighted by atomic mass is 79.9. The molecule has 106 valence electrons. The van der Waals surface area contributed by atoms with Crippen LogP contribution in [0, 0.1) is 18.3 Å². The molecule has 0 bridgehead atoms. The maximum Gasteiger partial charge on any atom is 0.256 e. The van der Waals surface area contributed by atoms with Gasteiger partial charge >= 0.3 is 0 Å². The molecule has 0 spiro atoms. The van der Waals surface area contributed by atoms with Crippen molar-refractivity contribution in [1.29, 1.82) is 5.26 Å². The first-order chi connectivity index (χ1) is 10.1. The third-order valence-electron chi connectivity index (χ3n) is 2.97. The molecule has 0 atom stereocenters. The third kappa shape index (κ3) is 3.23. The summed E-state index contributed by atoms with van der Waals surface area (Å²) in [6, 6.07) is 12.5. The minimum Gasteiger partial charge on any atom is -0.495 e. The number of ether oxygens (including phenoxy) is 1. The van der Waals surface area contributed by atoms with Crippen molar-refractivity contribution >= 4 is 27.5 Å². The highest BCUT2D eigenvalue weighted by Gasteiger charge is 2.15. The number of carbonyl (C=O) groups is 1. The molecule has 0 aliphatic heterocycles. The van der Waals surface area contributed by atoms with Crippen LogP contribution in [0.3, 0.4) is 0 Å². The maximum atomic E-state index is 12.4. The van der Waals surface area contributed by atoms with E-state index in [-0.39, 0.29) is 5.91 Å². The van der Waals surface area contributed by atoms with Crippen LogP contribution in [0.15, 0.2) is 40.9 Å². The smallest absolute Gasteiger partial charge is 0.256 e. The number of benzene rings is 2. The minimum absolute atomic E-state index is 0.303. The average Bonchev–Trinajstić information content (AvgIpc) is 2.47. The van der Waals surface area contributed by atoms with E-state index in [9.17, 15) is 4.79 Å². The number of carbonyl (C=O) groups excluding carboxylic acids is 1. The zero-order chi connectivity index (χ0) is 15.4. The van der Waals surface area contributed by atoms with Gasteiger partial charge in [0.05, 0.1) is 18.2 Å². The van der Waals surface area contributed by atoms with Gasteiger partial charge in [0.25, 0.3) is 5.91 Å². The number of rotatable bonds is 3. The molecule has 0 aliphatic carbocycles. The number of amides is 1. The lowest BCUT2D eigenvalue weighted by molar-refractivity contribution is 0.102. The predicted molar refractivity (Wildman–Crippen MR) is 84.5 cm³/mol. The number of nitrogens with zero attached hydrogens (tertiary/aromatic N) is 1. The van der Waals surface area contributed by atoms with Gasteiger partial charge in [-0.3, -0.25) is 4.79 Å². The van der Waals surface area contributed by atoms with E-state index in [0.717, 1.165) is 5.56 Å². The summed E-state index contributed by atoms with van der Waals surface area (Å²) in [5.74, 6) is 0.147.